The van der Waals surface area contributed by atoms with Crippen LogP contribution in [0.2, 0.25) is 0 Å². The number of nitrogens with zero attached hydrogens (tertiary/aromatic N) is 2. The highest BCUT2D eigenvalue weighted by Gasteiger charge is 2.02. The maximum absolute atomic E-state index is 10.8. The second-order valence-electron chi connectivity index (χ2n) is 2.75. The second-order valence-corrected chi connectivity index (χ2v) is 2.75. The summed E-state index contributed by atoms with van der Waals surface area (Å²) in [6, 6.07) is 5.63. The number of hydrogen-bond acceptors (Lipinski definition) is 3. The molecule has 0 unspecified atom stereocenters. The number of pyridine rings is 1. The number of carbonyl (C=O) groups excluding carboxylic acids is 1. The first kappa shape index (κ1) is 8.71. The molecule has 0 N–H and O–H groups in total. The van der Waals surface area contributed by atoms with Crippen LogP contribution in [0.15, 0.2) is 24.4 Å². The predicted molar refractivity (Wildman–Crippen MR) is 48.2 cm³/mol. The molecule has 0 aliphatic carbocycles. The van der Waals surface area contributed by atoms with Crippen molar-refractivity contribution in [3.05, 3.63) is 24.4 Å². The Hall–Kier alpha value is -1.38. The van der Waals surface area contributed by atoms with Gasteiger partial charge in [0.2, 0.25) is 0 Å². The van der Waals surface area contributed by atoms with Crippen molar-refractivity contribution >= 4 is 11.6 Å². The largest absolute Gasteiger partial charge is 0.352 e. The molecule has 1 aromatic rings. The lowest BCUT2D eigenvalue weighted by atomic mass is 10.4. The Morgan fingerprint density at radius 2 is 2.33 bits per heavy atom. The lowest BCUT2D eigenvalue weighted by Gasteiger charge is -2.15. The van der Waals surface area contributed by atoms with E-state index in [1.165, 1.54) is 0 Å². The van der Waals surface area contributed by atoms with Crippen LogP contribution >= 0.6 is 0 Å². The Morgan fingerprint density at radius 1 is 1.58 bits per heavy atom. The molecule has 0 saturated heterocycles. The van der Waals surface area contributed by atoms with Gasteiger partial charge in [-0.25, -0.2) is 4.98 Å². The predicted octanol–water partition coefficient (Wildman–Crippen LogP) is 1.11. The molecule has 3 heteroatoms. The first-order valence-corrected chi connectivity index (χ1v) is 3.82. The molecule has 0 fully saturated rings. The van der Waals surface area contributed by atoms with Crippen LogP contribution in [0.5, 0.6) is 0 Å². The van der Waals surface area contributed by atoms with E-state index in [-0.39, 0.29) is 5.78 Å². The molecule has 0 saturated carbocycles. The fourth-order valence-corrected chi connectivity index (χ4v) is 0.995. The van der Waals surface area contributed by atoms with Crippen molar-refractivity contribution in [1.29, 1.82) is 0 Å². The number of Topliss-reactive ketones (excluding diaryl/α,β-unsaturated/α-hetero) is 1. The number of rotatable bonds is 3. The van der Waals surface area contributed by atoms with E-state index in [0.29, 0.717) is 6.54 Å². The van der Waals surface area contributed by atoms with Gasteiger partial charge < -0.3 is 4.90 Å². The minimum Gasteiger partial charge on any atom is -0.352 e. The summed E-state index contributed by atoms with van der Waals surface area (Å²) >= 11 is 0. The van der Waals surface area contributed by atoms with Gasteiger partial charge in [0.15, 0.2) is 0 Å². The molecule has 0 radical (unpaired) electrons. The Bertz CT molecular complexity index is 258. The van der Waals surface area contributed by atoms with Crippen molar-refractivity contribution in [2.24, 2.45) is 0 Å². The summed E-state index contributed by atoms with van der Waals surface area (Å²) in [7, 11) is 1.85. The molecule has 0 atom stereocenters. The van der Waals surface area contributed by atoms with E-state index in [1.54, 1.807) is 13.1 Å². The van der Waals surface area contributed by atoms with Crippen LogP contribution in [-0.4, -0.2) is 24.4 Å². The SMILES string of the molecule is CC(=O)CN(C)c1ccccn1. The van der Waals surface area contributed by atoms with E-state index in [1.807, 2.05) is 30.1 Å². The van der Waals surface area contributed by atoms with Crippen molar-refractivity contribution in [2.45, 2.75) is 6.92 Å². The molecule has 0 spiro atoms. The van der Waals surface area contributed by atoms with Crippen molar-refractivity contribution in [2.75, 3.05) is 18.5 Å². The van der Waals surface area contributed by atoms with E-state index in [4.69, 9.17) is 0 Å². The van der Waals surface area contributed by atoms with Gasteiger partial charge in [0.1, 0.15) is 11.6 Å². The zero-order valence-corrected chi connectivity index (χ0v) is 7.32. The number of aromatic nitrogens is 1. The van der Waals surface area contributed by atoms with E-state index in [2.05, 4.69) is 4.98 Å². The van der Waals surface area contributed by atoms with Crippen molar-refractivity contribution in [3.8, 4) is 0 Å². The molecule has 1 aromatic heterocycles. The average molecular weight is 164 g/mol. The third kappa shape index (κ3) is 2.34. The lowest BCUT2D eigenvalue weighted by Crippen LogP contribution is -2.24. The van der Waals surface area contributed by atoms with Gasteiger partial charge >= 0.3 is 0 Å². The highest BCUT2D eigenvalue weighted by Crippen LogP contribution is 2.05. The van der Waals surface area contributed by atoms with E-state index < -0.39 is 0 Å². The van der Waals surface area contributed by atoms with Crippen LogP contribution in [0.4, 0.5) is 5.82 Å². The molecule has 1 rings (SSSR count). The zero-order valence-electron chi connectivity index (χ0n) is 7.32. The zero-order chi connectivity index (χ0) is 8.97. The molecule has 0 aliphatic rings. The van der Waals surface area contributed by atoms with Gasteiger partial charge in [0.25, 0.3) is 0 Å². The van der Waals surface area contributed by atoms with E-state index in [9.17, 15) is 4.79 Å². The van der Waals surface area contributed by atoms with Gasteiger partial charge in [0.05, 0.1) is 6.54 Å². The van der Waals surface area contributed by atoms with E-state index in [0.717, 1.165) is 5.82 Å². The van der Waals surface area contributed by atoms with Crippen molar-refractivity contribution in [3.63, 3.8) is 0 Å². The van der Waals surface area contributed by atoms with Gasteiger partial charge in [-0.2, -0.15) is 0 Å². The number of anilines is 1. The van der Waals surface area contributed by atoms with Crippen LogP contribution in [0.1, 0.15) is 6.92 Å². The van der Waals surface area contributed by atoms with Crippen LogP contribution in [0.3, 0.4) is 0 Å². The van der Waals surface area contributed by atoms with Gasteiger partial charge in [-0.15, -0.1) is 0 Å². The minimum atomic E-state index is 0.142. The summed E-state index contributed by atoms with van der Waals surface area (Å²) in [6.07, 6.45) is 1.71. The molecule has 3 nitrogen and oxygen atoms in total. The first-order valence-electron chi connectivity index (χ1n) is 3.82. The van der Waals surface area contributed by atoms with Crippen LogP contribution in [0.25, 0.3) is 0 Å². The number of likely N-dealkylation sites (N-methyl/N-ethyl adjacent to an activating group) is 1. The molecular weight excluding hydrogens is 152 g/mol. The number of ketones is 1. The van der Waals surface area contributed by atoms with Crippen LogP contribution in [-0.2, 0) is 4.79 Å². The number of hydrogen-bond donors (Lipinski definition) is 0. The fraction of sp³-hybridized carbons (Fsp3) is 0.333. The molecule has 0 aliphatic heterocycles. The Labute approximate surface area is 72.0 Å². The van der Waals surface area contributed by atoms with Crippen molar-refractivity contribution in [1.82, 2.24) is 4.98 Å². The first-order chi connectivity index (χ1) is 5.70. The second kappa shape index (κ2) is 3.85. The van der Waals surface area contributed by atoms with Gasteiger partial charge in [-0.1, -0.05) is 6.07 Å². The molecule has 1 heterocycles. The quantitative estimate of drug-likeness (QED) is 0.671. The highest BCUT2D eigenvalue weighted by atomic mass is 16.1. The summed E-state index contributed by atoms with van der Waals surface area (Å²) in [5.41, 5.74) is 0. The smallest absolute Gasteiger partial charge is 0.149 e. The lowest BCUT2D eigenvalue weighted by molar-refractivity contribution is -0.115. The third-order valence-corrected chi connectivity index (χ3v) is 1.50. The van der Waals surface area contributed by atoms with Gasteiger partial charge in [-0.05, 0) is 19.1 Å². The standard InChI is InChI=1S/C9H12N2O/c1-8(12)7-11(2)9-5-3-4-6-10-9/h3-6H,7H2,1-2H3. The summed E-state index contributed by atoms with van der Waals surface area (Å²) in [6.45, 7) is 1.98. The molecule has 64 valence electrons. The van der Waals surface area contributed by atoms with Crippen LogP contribution in [0, 0.1) is 0 Å². The molecule has 0 amide bonds. The van der Waals surface area contributed by atoms with Gasteiger partial charge in [-0.3, -0.25) is 4.79 Å². The third-order valence-electron chi connectivity index (χ3n) is 1.50. The average Bonchev–Trinajstić information content (AvgIpc) is 2.05. The monoisotopic (exact) mass is 164 g/mol. The summed E-state index contributed by atoms with van der Waals surface area (Å²) in [4.78, 5) is 16.7. The fourth-order valence-electron chi connectivity index (χ4n) is 0.995. The Balaban J connectivity index is 2.65. The highest BCUT2D eigenvalue weighted by molar-refractivity contribution is 5.80. The normalized spacial score (nSPS) is 9.50. The molecule has 0 aromatic carbocycles. The van der Waals surface area contributed by atoms with E-state index >= 15 is 0 Å². The van der Waals surface area contributed by atoms with Gasteiger partial charge in [0, 0.05) is 13.2 Å². The maximum Gasteiger partial charge on any atom is 0.149 e. The summed E-state index contributed by atoms with van der Waals surface area (Å²) in [5, 5.41) is 0. The summed E-state index contributed by atoms with van der Waals surface area (Å²) < 4.78 is 0. The number of carbonyl (C=O) groups is 1. The Kier molecular flexibility index (Phi) is 2.80. The maximum atomic E-state index is 10.8. The van der Waals surface area contributed by atoms with Crippen LogP contribution < -0.4 is 4.90 Å². The Morgan fingerprint density at radius 3 is 2.83 bits per heavy atom. The molecule has 0 bridgehead atoms. The minimum absolute atomic E-state index is 0.142. The van der Waals surface area contributed by atoms with Crippen molar-refractivity contribution < 1.29 is 4.79 Å². The topological polar surface area (TPSA) is 33.2 Å². The molecular formula is C9H12N2O. The molecule has 12 heavy (non-hydrogen) atoms. The summed E-state index contributed by atoms with van der Waals surface area (Å²) in [5.74, 6) is 0.968.